The van der Waals surface area contributed by atoms with Gasteiger partial charge >= 0.3 is 5.97 Å². The van der Waals surface area contributed by atoms with Gasteiger partial charge in [0.05, 0.1) is 19.8 Å². The van der Waals surface area contributed by atoms with Crippen molar-refractivity contribution in [1.29, 1.82) is 0 Å². The van der Waals surface area contributed by atoms with E-state index in [9.17, 15) is 4.79 Å². The van der Waals surface area contributed by atoms with Crippen LogP contribution in [0, 0.1) is 5.92 Å². The first-order valence-corrected chi connectivity index (χ1v) is 7.39. The van der Waals surface area contributed by atoms with Gasteiger partial charge in [-0.15, -0.1) is 0 Å². The summed E-state index contributed by atoms with van der Waals surface area (Å²) in [6, 6.07) is 0. The highest BCUT2D eigenvalue weighted by molar-refractivity contribution is 5.75. The lowest BCUT2D eigenvalue weighted by Gasteiger charge is -2.25. The highest BCUT2D eigenvalue weighted by Gasteiger charge is 2.49. The predicted molar refractivity (Wildman–Crippen MR) is 74.5 cm³/mol. The molecule has 0 unspecified atom stereocenters. The Balaban J connectivity index is 1.99. The Bertz CT molecular complexity index is 392. The molecule has 0 amide bonds. The molecular formula is C15H26O6. The molecule has 21 heavy (non-hydrogen) atoms. The lowest BCUT2D eigenvalue weighted by Crippen LogP contribution is -2.38. The van der Waals surface area contributed by atoms with Crippen molar-refractivity contribution in [3.8, 4) is 0 Å². The summed E-state index contributed by atoms with van der Waals surface area (Å²) in [6.07, 6.45) is -0.309. The Morgan fingerprint density at radius 1 is 1.19 bits per heavy atom. The number of methoxy groups -OCH3 is 1. The van der Waals surface area contributed by atoms with E-state index in [0.717, 1.165) is 6.42 Å². The standard InChI is InChI=1S/C15H26O6/c1-9(7-10-8-18-14(2,3)19-10)11-12(13(16)17-6)21-15(4,5)20-11/h9-12H,7-8H2,1-6H3/t9-,10-,11+,12-/m1/s1. The van der Waals surface area contributed by atoms with Gasteiger partial charge in [-0.3, -0.25) is 0 Å². The van der Waals surface area contributed by atoms with Crippen molar-refractivity contribution in [2.45, 2.75) is 70.9 Å². The second-order valence-electron chi connectivity index (χ2n) is 6.71. The zero-order valence-electron chi connectivity index (χ0n) is 13.7. The maximum atomic E-state index is 11.9. The highest BCUT2D eigenvalue weighted by Crippen LogP contribution is 2.36. The summed E-state index contributed by atoms with van der Waals surface area (Å²) >= 11 is 0. The van der Waals surface area contributed by atoms with Crippen LogP contribution in [0.1, 0.15) is 41.0 Å². The third-order valence-electron chi connectivity index (χ3n) is 3.83. The molecule has 0 radical (unpaired) electrons. The van der Waals surface area contributed by atoms with Crippen LogP contribution in [0.25, 0.3) is 0 Å². The monoisotopic (exact) mass is 302 g/mol. The summed E-state index contributed by atoms with van der Waals surface area (Å²) < 4.78 is 27.8. The Kier molecular flexibility index (Phi) is 4.63. The molecule has 2 fully saturated rings. The van der Waals surface area contributed by atoms with Gasteiger partial charge in [-0.05, 0) is 40.0 Å². The van der Waals surface area contributed by atoms with Crippen LogP contribution < -0.4 is 0 Å². The second kappa shape index (κ2) is 5.83. The second-order valence-corrected chi connectivity index (χ2v) is 6.71. The fourth-order valence-electron chi connectivity index (χ4n) is 2.93. The normalized spacial score (nSPS) is 35.6. The summed E-state index contributed by atoms with van der Waals surface area (Å²) in [5, 5.41) is 0. The first-order valence-electron chi connectivity index (χ1n) is 7.39. The van der Waals surface area contributed by atoms with Gasteiger partial charge in [0, 0.05) is 0 Å². The minimum Gasteiger partial charge on any atom is -0.467 e. The van der Waals surface area contributed by atoms with E-state index in [1.807, 2.05) is 20.8 Å². The number of hydrogen-bond acceptors (Lipinski definition) is 6. The van der Waals surface area contributed by atoms with Crippen molar-refractivity contribution >= 4 is 5.97 Å². The first-order chi connectivity index (χ1) is 9.63. The van der Waals surface area contributed by atoms with Crippen LogP contribution in [0.2, 0.25) is 0 Å². The van der Waals surface area contributed by atoms with Gasteiger partial charge in [0.25, 0.3) is 0 Å². The molecule has 0 spiro atoms. The summed E-state index contributed by atoms with van der Waals surface area (Å²) in [5.41, 5.74) is 0. The number of ether oxygens (including phenoxy) is 5. The summed E-state index contributed by atoms with van der Waals surface area (Å²) in [5.74, 6) is -1.65. The highest BCUT2D eigenvalue weighted by atomic mass is 16.8. The Morgan fingerprint density at radius 3 is 2.38 bits per heavy atom. The zero-order valence-corrected chi connectivity index (χ0v) is 13.7. The molecule has 6 heteroatoms. The van der Waals surface area contributed by atoms with E-state index >= 15 is 0 Å². The zero-order chi connectivity index (χ0) is 15.8. The van der Waals surface area contributed by atoms with Crippen molar-refractivity contribution in [3.63, 3.8) is 0 Å². The summed E-state index contributed by atoms with van der Waals surface area (Å²) in [4.78, 5) is 11.9. The molecule has 2 heterocycles. The topological polar surface area (TPSA) is 63.2 Å². The van der Waals surface area contributed by atoms with E-state index in [2.05, 4.69) is 0 Å². The van der Waals surface area contributed by atoms with Gasteiger partial charge in [-0.2, -0.15) is 0 Å². The van der Waals surface area contributed by atoms with Crippen LogP contribution in [-0.4, -0.2) is 49.6 Å². The van der Waals surface area contributed by atoms with Gasteiger partial charge in [-0.1, -0.05) is 6.92 Å². The molecule has 0 aromatic rings. The Hall–Kier alpha value is -0.690. The van der Waals surface area contributed by atoms with E-state index in [1.165, 1.54) is 7.11 Å². The number of esters is 1. The van der Waals surface area contributed by atoms with Crippen molar-refractivity contribution in [2.24, 2.45) is 5.92 Å². The van der Waals surface area contributed by atoms with Crippen molar-refractivity contribution in [1.82, 2.24) is 0 Å². The molecule has 2 saturated heterocycles. The van der Waals surface area contributed by atoms with Crippen LogP contribution in [0.4, 0.5) is 0 Å². The van der Waals surface area contributed by atoms with Crippen molar-refractivity contribution in [2.75, 3.05) is 13.7 Å². The molecule has 122 valence electrons. The van der Waals surface area contributed by atoms with Gasteiger partial charge < -0.3 is 23.7 Å². The molecule has 0 aromatic carbocycles. The number of hydrogen-bond donors (Lipinski definition) is 0. The van der Waals surface area contributed by atoms with Gasteiger partial charge in [0.15, 0.2) is 17.7 Å². The summed E-state index contributed by atoms with van der Waals surface area (Å²) in [7, 11) is 1.36. The summed E-state index contributed by atoms with van der Waals surface area (Å²) in [6.45, 7) is 9.97. The van der Waals surface area contributed by atoms with Gasteiger partial charge in [0.1, 0.15) is 6.10 Å². The van der Waals surface area contributed by atoms with E-state index in [-0.39, 0.29) is 18.1 Å². The minimum absolute atomic E-state index is 0.000564. The van der Waals surface area contributed by atoms with Crippen LogP contribution in [-0.2, 0) is 28.5 Å². The van der Waals surface area contributed by atoms with E-state index in [4.69, 9.17) is 23.7 Å². The molecule has 0 N–H and O–H groups in total. The molecule has 2 aliphatic rings. The fourth-order valence-corrected chi connectivity index (χ4v) is 2.93. The van der Waals surface area contributed by atoms with Gasteiger partial charge in [-0.25, -0.2) is 4.79 Å². The van der Waals surface area contributed by atoms with Gasteiger partial charge in [0.2, 0.25) is 0 Å². The molecule has 0 aliphatic carbocycles. The molecule has 0 aromatic heterocycles. The van der Waals surface area contributed by atoms with E-state index < -0.39 is 23.6 Å². The number of carbonyl (C=O) groups excluding carboxylic acids is 1. The maximum Gasteiger partial charge on any atom is 0.337 e. The quantitative estimate of drug-likeness (QED) is 0.739. The van der Waals surface area contributed by atoms with E-state index in [1.54, 1.807) is 13.8 Å². The average molecular weight is 302 g/mol. The SMILES string of the molecule is COC(=O)[C@@H]1OC(C)(C)O[C@H]1[C@H](C)C[C@@H]1COC(C)(C)O1. The largest absolute Gasteiger partial charge is 0.467 e. The molecule has 4 atom stereocenters. The average Bonchev–Trinajstić information content (AvgIpc) is 2.87. The molecular weight excluding hydrogens is 276 g/mol. The molecule has 2 rings (SSSR count). The molecule has 0 saturated carbocycles. The van der Waals surface area contributed by atoms with Crippen LogP contribution in [0.3, 0.4) is 0 Å². The third-order valence-corrected chi connectivity index (χ3v) is 3.83. The Morgan fingerprint density at radius 2 is 1.86 bits per heavy atom. The van der Waals surface area contributed by atoms with Crippen LogP contribution >= 0.6 is 0 Å². The predicted octanol–water partition coefficient (Wildman–Crippen LogP) is 1.86. The van der Waals surface area contributed by atoms with Crippen molar-refractivity contribution < 1.29 is 28.5 Å². The third kappa shape index (κ3) is 3.94. The van der Waals surface area contributed by atoms with Crippen LogP contribution in [0.5, 0.6) is 0 Å². The molecule has 0 bridgehead atoms. The van der Waals surface area contributed by atoms with Crippen LogP contribution in [0.15, 0.2) is 0 Å². The molecule has 2 aliphatic heterocycles. The van der Waals surface area contributed by atoms with E-state index in [0.29, 0.717) is 6.61 Å². The number of carbonyl (C=O) groups is 1. The lowest BCUT2D eigenvalue weighted by atomic mass is 9.94. The minimum atomic E-state index is -0.788. The number of rotatable bonds is 4. The molecule has 6 nitrogen and oxygen atoms in total. The first kappa shape index (κ1) is 16.7. The fraction of sp³-hybridized carbons (Fsp3) is 0.933. The Labute approximate surface area is 126 Å². The smallest absolute Gasteiger partial charge is 0.337 e. The maximum absolute atomic E-state index is 11.9. The van der Waals surface area contributed by atoms with Crippen molar-refractivity contribution in [3.05, 3.63) is 0 Å². The lowest BCUT2D eigenvalue weighted by molar-refractivity contribution is -0.168.